The van der Waals surface area contributed by atoms with E-state index >= 15 is 0 Å². The van der Waals surface area contributed by atoms with E-state index in [1.54, 1.807) is 0 Å². The predicted octanol–water partition coefficient (Wildman–Crippen LogP) is 3.10. The average Bonchev–Trinajstić information content (AvgIpc) is 2.89. The summed E-state index contributed by atoms with van der Waals surface area (Å²) in [6, 6.07) is 8.13. The van der Waals surface area contributed by atoms with Gasteiger partial charge in [-0.05, 0) is 18.9 Å². The van der Waals surface area contributed by atoms with Gasteiger partial charge in [0.15, 0.2) is 0 Å². The molecule has 0 amide bonds. The van der Waals surface area contributed by atoms with Gasteiger partial charge in [0.2, 0.25) is 0 Å². The van der Waals surface area contributed by atoms with Gasteiger partial charge in [0.1, 0.15) is 10.7 Å². The summed E-state index contributed by atoms with van der Waals surface area (Å²) in [6.07, 6.45) is 1.62. The number of nitrogen functional groups attached to an aromatic ring is 1. The van der Waals surface area contributed by atoms with Crippen LogP contribution in [-0.2, 0) is 6.42 Å². The molecule has 5 heteroatoms. The number of nitrogens with zero attached hydrogens (tertiary/aromatic N) is 2. The summed E-state index contributed by atoms with van der Waals surface area (Å²) < 4.78 is 1.19. The molecule has 0 atom stereocenters. The normalized spacial score (nSPS) is 11.1. The molecule has 0 saturated carbocycles. The summed E-state index contributed by atoms with van der Waals surface area (Å²) in [4.78, 5) is 17.9. The van der Waals surface area contributed by atoms with Crippen molar-refractivity contribution in [1.29, 1.82) is 0 Å². The summed E-state index contributed by atoms with van der Waals surface area (Å²) >= 11 is 1.50. The molecule has 2 N–H and O–H groups in total. The topological polar surface area (TPSA) is 60.9 Å². The van der Waals surface area contributed by atoms with Gasteiger partial charge in [-0.1, -0.05) is 36.8 Å². The molecular weight excluding hydrogens is 282 g/mol. The number of fused-ring (bicyclic) bond motifs is 1. The van der Waals surface area contributed by atoms with Crippen molar-refractivity contribution < 1.29 is 0 Å². The largest absolute Gasteiger partial charge is 0.335 e. The smallest absolute Gasteiger partial charge is 0.281 e. The van der Waals surface area contributed by atoms with Gasteiger partial charge in [-0.3, -0.25) is 4.79 Å². The summed E-state index contributed by atoms with van der Waals surface area (Å²) in [6.45, 7) is 4.09. The van der Waals surface area contributed by atoms with E-state index in [1.165, 1.54) is 21.6 Å². The van der Waals surface area contributed by atoms with E-state index in [0.29, 0.717) is 17.6 Å². The summed E-state index contributed by atoms with van der Waals surface area (Å²) in [5.41, 5.74) is 2.96. The van der Waals surface area contributed by atoms with Crippen LogP contribution in [0.3, 0.4) is 0 Å². The van der Waals surface area contributed by atoms with E-state index in [2.05, 4.69) is 4.98 Å². The highest BCUT2D eigenvalue weighted by atomic mass is 32.1. The van der Waals surface area contributed by atoms with Crippen LogP contribution in [0.15, 0.2) is 34.4 Å². The van der Waals surface area contributed by atoms with Gasteiger partial charge < -0.3 is 5.84 Å². The number of aryl methyl sites for hydroxylation is 2. The molecule has 0 aliphatic carbocycles. The van der Waals surface area contributed by atoms with Crippen molar-refractivity contribution in [3.05, 3.63) is 51.4 Å². The van der Waals surface area contributed by atoms with Crippen LogP contribution in [0.1, 0.15) is 24.7 Å². The Hall–Kier alpha value is -2.14. The maximum atomic E-state index is 12.6. The monoisotopic (exact) mass is 299 g/mol. The van der Waals surface area contributed by atoms with E-state index < -0.39 is 0 Å². The zero-order chi connectivity index (χ0) is 15.0. The molecule has 0 aliphatic rings. The van der Waals surface area contributed by atoms with Crippen molar-refractivity contribution in [2.24, 2.45) is 0 Å². The lowest BCUT2D eigenvalue weighted by Crippen LogP contribution is -2.31. The first kappa shape index (κ1) is 13.8. The van der Waals surface area contributed by atoms with Crippen LogP contribution in [0.4, 0.5) is 0 Å². The lowest BCUT2D eigenvalue weighted by molar-refractivity contribution is 0.753. The molecule has 4 nitrogen and oxygen atoms in total. The third-order valence-electron chi connectivity index (χ3n) is 3.55. The van der Waals surface area contributed by atoms with Crippen LogP contribution in [0.2, 0.25) is 0 Å². The first-order valence-electron chi connectivity index (χ1n) is 6.97. The standard InChI is InChI=1S/C16H17N3OS/c1-3-4-13-18-15-14(16(20)19(13)17)12(9-21-15)11-7-5-10(2)6-8-11/h5-9H,3-4,17H2,1-2H3. The molecule has 108 valence electrons. The van der Waals surface area contributed by atoms with Gasteiger partial charge in [0.25, 0.3) is 5.56 Å². The molecule has 1 aromatic carbocycles. The second-order valence-electron chi connectivity index (χ2n) is 5.15. The Morgan fingerprint density at radius 3 is 2.67 bits per heavy atom. The van der Waals surface area contributed by atoms with Crippen molar-refractivity contribution in [2.75, 3.05) is 5.84 Å². The molecule has 3 aromatic rings. The molecule has 21 heavy (non-hydrogen) atoms. The van der Waals surface area contributed by atoms with Crippen molar-refractivity contribution in [3.8, 4) is 11.1 Å². The van der Waals surface area contributed by atoms with Crippen LogP contribution in [-0.4, -0.2) is 9.66 Å². The van der Waals surface area contributed by atoms with E-state index in [1.807, 2.05) is 43.5 Å². The Bertz CT molecular complexity index is 846. The highest BCUT2D eigenvalue weighted by molar-refractivity contribution is 7.17. The van der Waals surface area contributed by atoms with E-state index in [9.17, 15) is 4.79 Å². The molecule has 0 aliphatic heterocycles. The second kappa shape index (κ2) is 5.33. The van der Waals surface area contributed by atoms with Gasteiger partial charge in [-0.25, -0.2) is 9.66 Å². The lowest BCUT2D eigenvalue weighted by atomic mass is 10.1. The highest BCUT2D eigenvalue weighted by Gasteiger charge is 2.15. The first-order valence-corrected chi connectivity index (χ1v) is 7.85. The van der Waals surface area contributed by atoms with E-state index in [4.69, 9.17) is 5.84 Å². The molecule has 0 fully saturated rings. The summed E-state index contributed by atoms with van der Waals surface area (Å²) in [5.74, 6) is 6.56. The van der Waals surface area contributed by atoms with Gasteiger partial charge in [-0.15, -0.1) is 11.3 Å². The Labute approximate surface area is 126 Å². The van der Waals surface area contributed by atoms with Crippen LogP contribution in [0.25, 0.3) is 21.3 Å². The van der Waals surface area contributed by atoms with Crippen LogP contribution in [0, 0.1) is 6.92 Å². The summed E-state index contributed by atoms with van der Waals surface area (Å²) in [5, 5.41) is 2.60. The highest BCUT2D eigenvalue weighted by Crippen LogP contribution is 2.31. The molecule has 0 radical (unpaired) electrons. The third kappa shape index (κ3) is 2.34. The lowest BCUT2D eigenvalue weighted by Gasteiger charge is -2.07. The van der Waals surface area contributed by atoms with Crippen molar-refractivity contribution >= 4 is 21.6 Å². The van der Waals surface area contributed by atoms with Crippen LogP contribution >= 0.6 is 11.3 Å². The number of rotatable bonds is 3. The minimum atomic E-state index is -0.166. The van der Waals surface area contributed by atoms with E-state index in [0.717, 1.165) is 22.4 Å². The van der Waals surface area contributed by atoms with E-state index in [-0.39, 0.29) is 5.56 Å². The zero-order valence-corrected chi connectivity index (χ0v) is 12.9. The molecule has 0 saturated heterocycles. The number of benzene rings is 1. The zero-order valence-electron chi connectivity index (χ0n) is 12.1. The van der Waals surface area contributed by atoms with Crippen molar-refractivity contribution in [1.82, 2.24) is 9.66 Å². The Morgan fingerprint density at radius 1 is 1.29 bits per heavy atom. The minimum Gasteiger partial charge on any atom is -0.335 e. The Kier molecular flexibility index (Phi) is 3.51. The number of thiophene rings is 1. The number of hydrogen-bond acceptors (Lipinski definition) is 4. The first-order chi connectivity index (χ1) is 10.1. The second-order valence-corrected chi connectivity index (χ2v) is 6.01. The molecule has 2 heterocycles. The van der Waals surface area contributed by atoms with Crippen LogP contribution < -0.4 is 11.4 Å². The Morgan fingerprint density at radius 2 is 2.00 bits per heavy atom. The quantitative estimate of drug-likeness (QED) is 0.756. The van der Waals surface area contributed by atoms with Gasteiger partial charge in [-0.2, -0.15) is 0 Å². The third-order valence-corrected chi connectivity index (χ3v) is 4.42. The van der Waals surface area contributed by atoms with Crippen molar-refractivity contribution in [2.45, 2.75) is 26.7 Å². The molecular formula is C16H17N3OS. The molecule has 0 unspecified atom stereocenters. The van der Waals surface area contributed by atoms with Gasteiger partial charge in [0.05, 0.1) is 5.39 Å². The van der Waals surface area contributed by atoms with Crippen LogP contribution in [0.5, 0.6) is 0 Å². The number of nitrogens with two attached hydrogens (primary N) is 1. The molecule has 2 aromatic heterocycles. The average molecular weight is 299 g/mol. The van der Waals surface area contributed by atoms with Crippen molar-refractivity contribution in [3.63, 3.8) is 0 Å². The Balaban J connectivity index is 2.25. The number of hydrogen-bond donors (Lipinski definition) is 1. The SMILES string of the molecule is CCCc1nc2scc(-c3ccc(C)cc3)c2c(=O)n1N. The fourth-order valence-electron chi connectivity index (χ4n) is 2.39. The molecule has 0 spiro atoms. The molecule has 0 bridgehead atoms. The number of aromatic nitrogens is 2. The molecule has 3 rings (SSSR count). The fourth-order valence-corrected chi connectivity index (χ4v) is 3.35. The fraction of sp³-hybridized carbons (Fsp3) is 0.250. The minimum absolute atomic E-state index is 0.166. The maximum Gasteiger partial charge on any atom is 0.281 e. The maximum absolute atomic E-state index is 12.6. The predicted molar refractivity (Wildman–Crippen MR) is 88.2 cm³/mol. The summed E-state index contributed by atoms with van der Waals surface area (Å²) in [7, 11) is 0. The van der Waals surface area contributed by atoms with Gasteiger partial charge in [0, 0.05) is 17.4 Å². The van der Waals surface area contributed by atoms with Gasteiger partial charge >= 0.3 is 0 Å².